The standard InChI is InChI=1S/C13H17F3N4O/c1-7(12(21)19-9-3-4-9)18-11-6-8(13(14,15)16)5-10(17-2)20-11/h5-7,9H,3-4H2,1-2H3,(H,19,21)(H2,17,18,20). The van der Waals surface area contributed by atoms with Gasteiger partial charge in [-0.05, 0) is 31.9 Å². The molecule has 3 N–H and O–H groups in total. The Bertz CT molecular complexity index is 529. The van der Waals surface area contributed by atoms with E-state index in [1.807, 2.05) is 0 Å². The Morgan fingerprint density at radius 2 is 1.95 bits per heavy atom. The van der Waals surface area contributed by atoms with E-state index in [-0.39, 0.29) is 23.6 Å². The van der Waals surface area contributed by atoms with E-state index in [2.05, 4.69) is 20.9 Å². The molecule has 21 heavy (non-hydrogen) atoms. The number of anilines is 2. The van der Waals surface area contributed by atoms with Gasteiger partial charge in [-0.1, -0.05) is 0 Å². The third-order valence-electron chi connectivity index (χ3n) is 3.09. The minimum absolute atomic E-state index is 0.00706. The van der Waals surface area contributed by atoms with Crippen molar-refractivity contribution in [2.45, 2.75) is 38.0 Å². The van der Waals surface area contributed by atoms with E-state index in [0.717, 1.165) is 25.0 Å². The van der Waals surface area contributed by atoms with Crippen LogP contribution in [0.3, 0.4) is 0 Å². The Morgan fingerprint density at radius 1 is 1.33 bits per heavy atom. The Labute approximate surface area is 120 Å². The molecule has 1 unspecified atom stereocenters. The number of pyridine rings is 1. The lowest BCUT2D eigenvalue weighted by molar-refractivity contribution is -0.137. The molecule has 0 radical (unpaired) electrons. The van der Waals surface area contributed by atoms with Crippen LogP contribution >= 0.6 is 0 Å². The predicted molar refractivity (Wildman–Crippen MR) is 73.0 cm³/mol. The second-order valence-electron chi connectivity index (χ2n) is 5.02. The molecule has 1 saturated carbocycles. The topological polar surface area (TPSA) is 66.0 Å². The first-order valence-electron chi connectivity index (χ1n) is 6.63. The number of carbonyl (C=O) groups excluding carboxylic acids is 1. The van der Waals surface area contributed by atoms with E-state index < -0.39 is 17.8 Å². The fourth-order valence-corrected chi connectivity index (χ4v) is 1.74. The molecule has 1 amide bonds. The van der Waals surface area contributed by atoms with Crippen LogP contribution < -0.4 is 16.0 Å². The second kappa shape index (κ2) is 5.79. The molecule has 0 aliphatic heterocycles. The monoisotopic (exact) mass is 302 g/mol. The Hall–Kier alpha value is -1.99. The maximum absolute atomic E-state index is 12.8. The van der Waals surface area contributed by atoms with E-state index in [4.69, 9.17) is 0 Å². The minimum atomic E-state index is -4.47. The Morgan fingerprint density at radius 3 is 2.48 bits per heavy atom. The highest BCUT2D eigenvalue weighted by atomic mass is 19.4. The fraction of sp³-hybridized carbons (Fsp3) is 0.538. The summed E-state index contributed by atoms with van der Waals surface area (Å²) in [5, 5.41) is 8.05. The lowest BCUT2D eigenvalue weighted by Crippen LogP contribution is -2.38. The number of hydrogen-bond acceptors (Lipinski definition) is 4. The molecule has 2 rings (SSSR count). The molecule has 0 saturated heterocycles. The van der Waals surface area contributed by atoms with Gasteiger partial charge >= 0.3 is 6.18 Å². The van der Waals surface area contributed by atoms with Gasteiger partial charge in [0.2, 0.25) is 5.91 Å². The maximum Gasteiger partial charge on any atom is 0.416 e. The molecule has 1 atom stereocenters. The van der Waals surface area contributed by atoms with Gasteiger partial charge in [-0.3, -0.25) is 4.79 Å². The van der Waals surface area contributed by atoms with Crippen molar-refractivity contribution in [3.8, 4) is 0 Å². The van der Waals surface area contributed by atoms with Gasteiger partial charge in [-0.15, -0.1) is 0 Å². The highest BCUT2D eigenvalue weighted by Gasteiger charge is 2.32. The van der Waals surface area contributed by atoms with Crippen LogP contribution in [0, 0.1) is 0 Å². The average Bonchev–Trinajstić information content (AvgIpc) is 3.21. The van der Waals surface area contributed by atoms with Crippen molar-refractivity contribution in [2.75, 3.05) is 17.7 Å². The predicted octanol–water partition coefficient (Wildman–Crippen LogP) is 2.22. The summed E-state index contributed by atoms with van der Waals surface area (Å²) in [5.74, 6) is -0.155. The van der Waals surface area contributed by atoms with Gasteiger partial charge in [0.1, 0.15) is 17.7 Å². The largest absolute Gasteiger partial charge is 0.416 e. The van der Waals surface area contributed by atoms with E-state index in [0.29, 0.717) is 0 Å². The molecule has 0 bridgehead atoms. The number of halogens is 3. The number of carbonyl (C=O) groups is 1. The first-order chi connectivity index (χ1) is 9.79. The summed E-state index contributed by atoms with van der Waals surface area (Å²) in [6, 6.07) is 1.34. The quantitative estimate of drug-likeness (QED) is 0.780. The van der Waals surface area contributed by atoms with E-state index >= 15 is 0 Å². The van der Waals surface area contributed by atoms with Crippen LogP contribution in [0.2, 0.25) is 0 Å². The van der Waals surface area contributed by atoms with Crippen molar-refractivity contribution in [3.63, 3.8) is 0 Å². The van der Waals surface area contributed by atoms with Crippen molar-refractivity contribution in [1.29, 1.82) is 0 Å². The normalized spacial score (nSPS) is 16.2. The second-order valence-corrected chi connectivity index (χ2v) is 5.02. The first-order valence-corrected chi connectivity index (χ1v) is 6.63. The fourth-order valence-electron chi connectivity index (χ4n) is 1.74. The van der Waals surface area contributed by atoms with E-state index in [1.165, 1.54) is 7.05 Å². The molecule has 0 spiro atoms. The van der Waals surface area contributed by atoms with Gasteiger partial charge in [0.05, 0.1) is 5.56 Å². The Balaban J connectivity index is 2.12. The van der Waals surface area contributed by atoms with Gasteiger partial charge in [-0.2, -0.15) is 13.2 Å². The van der Waals surface area contributed by atoms with Crippen molar-refractivity contribution < 1.29 is 18.0 Å². The smallest absolute Gasteiger partial charge is 0.373 e. The number of aromatic nitrogens is 1. The lowest BCUT2D eigenvalue weighted by Gasteiger charge is -2.16. The number of hydrogen-bond donors (Lipinski definition) is 3. The zero-order chi connectivity index (χ0) is 15.6. The number of amides is 1. The highest BCUT2D eigenvalue weighted by Crippen LogP contribution is 2.32. The molecule has 1 aromatic heterocycles. The number of rotatable bonds is 5. The molecule has 1 aliphatic carbocycles. The van der Waals surface area contributed by atoms with Crippen LogP contribution in [-0.2, 0) is 11.0 Å². The molecular formula is C13H17F3N4O. The SMILES string of the molecule is CNc1cc(C(F)(F)F)cc(NC(C)C(=O)NC2CC2)n1. The zero-order valence-corrected chi connectivity index (χ0v) is 11.7. The Kier molecular flexibility index (Phi) is 4.24. The molecule has 1 heterocycles. The zero-order valence-electron chi connectivity index (χ0n) is 11.7. The van der Waals surface area contributed by atoms with Crippen LogP contribution in [0.25, 0.3) is 0 Å². The minimum Gasteiger partial charge on any atom is -0.373 e. The number of nitrogens with one attached hydrogen (secondary N) is 3. The third kappa shape index (κ3) is 4.24. The summed E-state index contributed by atoms with van der Waals surface area (Å²) in [5.41, 5.74) is -0.820. The molecular weight excluding hydrogens is 285 g/mol. The number of nitrogens with zero attached hydrogens (tertiary/aromatic N) is 1. The summed E-state index contributed by atoms with van der Waals surface area (Å²) in [6.45, 7) is 1.58. The van der Waals surface area contributed by atoms with E-state index in [1.54, 1.807) is 6.92 Å². The summed E-state index contributed by atoms with van der Waals surface area (Å²) in [6.07, 6.45) is -2.57. The average molecular weight is 302 g/mol. The van der Waals surface area contributed by atoms with Crippen molar-refractivity contribution in [2.24, 2.45) is 0 Å². The number of alkyl halides is 3. The lowest BCUT2D eigenvalue weighted by atomic mass is 10.2. The maximum atomic E-state index is 12.8. The van der Waals surface area contributed by atoms with Gasteiger partial charge in [0.15, 0.2) is 0 Å². The third-order valence-corrected chi connectivity index (χ3v) is 3.09. The van der Waals surface area contributed by atoms with Crippen LogP contribution in [0.4, 0.5) is 24.8 Å². The summed E-state index contributed by atoms with van der Waals surface area (Å²) >= 11 is 0. The molecule has 1 aliphatic rings. The summed E-state index contributed by atoms with van der Waals surface area (Å²) in [7, 11) is 1.48. The van der Waals surface area contributed by atoms with Crippen LogP contribution in [-0.4, -0.2) is 30.0 Å². The van der Waals surface area contributed by atoms with Crippen LogP contribution in [0.1, 0.15) is 25.3 Å². The molecule has 5 nitrogen and oxygen atoms in total. The van der Waals surface area contributed by atoms with Crippen molar-refractivity contribution in [3.05, 3.63) is 17.7 Å². The first kappa shape index (κ1) is 15.4. The van der Waals surface area contributed by atoms with Crippen LogP contribution in [0.15, 0.2) is 12.1 Å². The summed E-state index contributed by atoms with van der Waals surface area (Å²) < 4.78 is 38.4. The summed E-state index contributed by atoms with van der Waals surface area (Å²) in [4.78, 5) is 15.8. The van der Waals surface area contributed by atoms with Gasteiger partial charge in [0, 0.05) is 13.1 Å². The molecule has 0 aromatic carbocycles. The molecule has 116 valence electrons. The van der Waals surface area contributed by atoms with Gasteiger partial charge in [0.25, 0.3) is 0 Å². The molecule has 1 fully saturated rings. The molecule has 8 heteroatoms. The van der Waals surface area contributed by atoms with Gasteiger partial charge < -0.3 is 16.0 Å². The molecule has 1 aromatic rings. The van der Waals surface area contributed by atoms with Crippen molar-refractivity contribution in [1.82, 2.24) is 10.3 Å². The van der Waals surface area contributed by atoms with E-state index in [9.17, 15) is 18.0 Å². The van der Waals surface area contributed by atoms with Crippen molar-refractivity contribution >= 4 is 17.5 Å². The van der Waals surface area contributed by atoms with Crippen LogP contribution in [0.5, 0.6) is 0 Å². The highest BCUT2D eigenvalue weighted by molar-refractivity contribution is 5.84. The van der Waals surface area contributed by atoms with Gasteiger partial charge in [-0.25, -0.2) is 4.98 Å².